The Morgan fingerprint density at radius 3 is 2.71 bits per heavy atom. The molecule has 1 aliphatic rings. The van der Waals surface area contributed by atoms with Crippen LogP contribution in [-0.2, 0) is 0 Å². The molecule has 1 fully saturated rings. The Morgan fingerprint density at radius 1 is 1.29 bits per heavy atom. The maximum absolute atomic E-state index is 11.1. The van der Waals surface area contributed by atoms with E-state index in [1.807, 2.05) is 24.3 Å². The minimum atomic E-state index is -0.194. The Kier molecular flexibility index (Phi) is 5.30. The van der Waals surface area contributed by atoms with E-state index in [-0.39, 0.29) is 5.56 Å². The van der Waals surface area contributed by atoms with Crippen LogP contribution in [0.2, 0.25) is 0 Å². The first-order valence-electron chi connectivity index (χ1n) is 8.65. The van der Waals surface area contributed by atoms with Gasteiger partial charge in [-0.15, -0.1) is 0 Å². The van der Waals surface area contributed by atoms with Crippen molar-refractivity contribution in [2.75, 3.05) is 19.7 Å². The first-order valence-corrected chi connectivity index (χ1v) is 8.65. The molecule has 1 saturated heterocycles. The molecule has 5 heteroatoms. The van der Waals surface area contributed by atoms with Crippen molar-refractivity contribution in [1.29, 1.82) is 0 Å². The van der Waals surface area contributed by atoms with Crippen molar-refractivity contribution in [1.82, 2.24) is 15.1 Å². The van der Waals surface area contributed by atoms with Crippen LogP contribution in [0.1, 0.15) is 26.7 Å². The van der Waals surface area contributed by atoms with Gasteiger partial charge in [0.05, 0.1) is 12.3 Å². The lowest BCUT2D eigenvalue weighted by Gasteiger charge is -2.24. The van der Waals surface area contributed by atoms with Crippen LogP contribution >= 0.6 is 0 Å². The summed E-state index contributed by atoms with van der Waals surface area (Å²) in [5.74, 6) is 1.37. The number of benzene rings is 1. The van der Waals surface area contributed by atoms with Crippen molar-refractivity contribution in [2.45, 2.75) is 32.7 Å². The van der Waals surface area contributed by atoms with Gasteiger partial charge in [-0.1, -0.05) is 6.92 Å². The molecule has 2 heterocycles. The fourth-order valence-electron chi connectivity index (χ4n) is 3.18. The number of rotatable bonds is 6. The van der Waals surface area contributed by atoms with Crippen LogP contribution < -0.4 is 10.3 Å². The van der Waals surface area contributed by atoms with Crippen molar-refractivity contribution in [2.24, 2.45) is 5.92 Å². The Morgan fingerprint density at radius 2 is 2.08 bits per heavy atom. The number of ether oxygens (including phenoxy) is 1. The second-order valence-electron chi connectivity index (χ2n) is 6.73. The predicted molar refractivity (Wildman–Crippen MR) is 95.2 cm³/mol. The third-order valence-corrected chi connectivity index (χ3v) is 4.60. The van der Waals surface area contributed by atoms with E-state index < -0.39 is 0 Å². The highest BCUT2D eigenvalue weighted by atomic mass is 16.5. The van der Waals surface area contributed by atoms with Crippen LogP contribution in [0.5, 0.6) is 5.75 Å². The van der Waals surface area contributed by atoms with Crippen LogP contribution in [0.4, 0.5) is 0 Å². The standard InChI is InChI=1S/C19H25N3O2/c1-14(12-22-11-3-4-15(22)2)13-24-17-7-5-16(6-8-17)18-9-10-19(23)21-20-18/h5-10,14-15H,3-4,11-13H2,1-2H3,(H,21,23)/t14-,15+/m0/s1. The molecule has 128 valence electrons. The molecule has 2 atom stereocenters. The number of hydrogen-bond acceptors (Lipinski definition) is 4. The molecule has 0 amide bonds. The average Bonchev–Trinajstić information content (AvgIpc) is 2.99. The maximum Gasteiger partial charge on any atom is 0.264 e. The summed E-state index contributed by atoms with van der Waals surface area (Å²) in [6, 6.07) is 11.7. The largest absolute Gasteiger partial charge is 0.493 e. The number of hydrogen-bond donors (Lipinski definition) is 1. The summed E-state index contributed by atoms with van der Waals surface area (Å²) in [5.41, 5.74) is 1.51. The van der Waals surface area contributed by atoms with Crippen molar-refractivity contribution in [3.8, 4) is 17.0 Å². The lowest BCUT2D eigenvalue weighted by molar-refractivity contribution is 0.181. The zero-order valence-electron chi connectivity index (χ0n) is 14.4. The summed E-state index contributed by atoms with van der Waals surface area (Å²) in [4.78, 5) is 13.6. The number of H-pyrrole nitrogens is 1. The molecule has 2 aromatic rings. The summed E-state index contributed by atoms with van der Waals surface area (Å²) in [6.45, 7) is 7.58. The highest BCUT2D eigenvalue weighted by Gasteiger charge is 2.21. The van der Waals surface area contributed by atoms with Gasteiger partial charge in [0.15, 0.2) is 0 Å². The van der Waals surface area contributed by atoms with Crippen LogP contribution in [-0.4, -0.2) is 40.8 Å². The number of likely N-dealkylation sites (tertiary alicyclic amines) is 1. The van der Waals surface area contributed by atoms with Crippen molar-refractivity contribution >= 4 is 0 Å². The average molecular weight is 327 g/mol. The second-order valence-corrected chi connectivity index (χ2v) is 6.73. The minimum Gasteiger partial charge on any atom is -0.493 e. The molecular formula is C19H25N3O2. The summed E-state index contributed by atoms with van der Waals surface area (Å²) >= 11 is 0. The molecular weight excluding hydrogens is 302 g/mol. The van der Waals surface area contributed by atoms with Crippen molar-refractivity contribution < 1.29 is 4.74 Å². The smallest absolute Gasteiger partial charge is 0.264 e. The van der Waals surface area contributed by atoms with Gasteiger partial charge >= 0.3 is 0 Å². The summed E-state index contributed by atoms with van der Waals surface area (Å²) in [7, 11) is 0. The highest BCUT2D eigenvalue weighted by molar-refractivity contribution is 5.59. The number of nitrogens with zero attached hydrogens (tertiary/aromatic N) is 2. The Hall–Kier alpha value is -2.14. The summed E-state index contributed by atoms with van der Waals surface area (Å²) < 4.78 is 5.92. The van der Waals surface area contributed by atoms with Gasteiger partial charge in [-0.05, 0) is 56.6 Å². The Balaban J connectivity index is 1.52. The van der Waals surface area contributed by atoms with Gasteiger partial charge < -0.3 is 9.64 Å². The molecule has 0 saturated carbocycles. The first kappa shape index (κ1) is 16.7. The Labute approximate surface area is 142 Å². The van der Waals surface area contributed by atoms with E-state index in [1.54, 1.807) is 6.07 Å². The number of aromatic nitrogens is 2. The minimum absolute atomic E-state index is 0.194. The maximum atomic E-state index is 11.1. The van der Waals surface area contributed by atoms with E-state index in [0.29, 0.717) is 12.0 Å². The lowest BCUT2D eigenvalue weighted by Crippen LogP contribution is -2.33. The zero-order chi connectivity index (χ0) is 16.9. The molecule has 0 radical (unpaired) electrons. The third-order valence-electron chi connectivity index (χ3n) is 4.60. The van der Waals surface area contributed by atoms with Crippen LogP contribution in [0, 0.1) is 5.92 Å². The fourth-order valence-corrected chi connectivity index (χ4v) is 3.18. The SMILES string of the molecule is C[C@H](COc1ccc(-c2ccc(=O)[nH]n2)cc1)CN1CCC[C@H]1C. The second kappa shape index (κ2) is 7.62. The van der Waals surface area contributed by atoms with E-state index in [0.717, 1.165) is 30.2 Å². The topological polar surface area (TPSA) is 58.2 Å². The van der Waals surface area contributed by atoms with Gasteiger partial charge in [0, 0.05) is 30.1 Å². The molecule has 1 aromatic carbocycles. The third kappa shape index (κ3) is 4.23. The molecule has 0 aliphatic carbocycles. The molecule has 24 heavy (non-hydrogen) atoms. The van der Waals surface area contributed by atoms with Gasteiger partial charge in [-0.3, -0.25) is 4.79 Å². The number of nitrogens with one attached hydrogen (secondary N) is 1. The van der Waals surface area contributed by atoms with Gasteiger partial charge in [-0.2, -0.15) is 5.10 Å². The fraction of sp³-hybridized carbons (Fsp3) is 0.474. The lowest BCUT2D eigenvalue weighted by atomic mass is 10.1. The zero-order valence-corrected chi connectivity index (χ0v) is 14.4. The first-order chi connectivity index (χ1) is 11.6. The van der Waals surface area contributed by atoms with Crippen LogP contribution in [0.3, 0.4) is 0 Å². The van der Waals surface area contributed by atoms with Crippen molar-refractivity contribution in [3.05, 3.63) is 46.8 Å². The van der Waals surface area contributed by atoms with Gasteiger partial charge in [0.2, 0.25) is 0 Å². The molecule has 1 aromatic heterocycles. The van der Waals surface area contributed by atoms with E-state index in [1.165, 1.54) is 25.5 Å². The normalized spacial score (nSPS) is 19.3. The van der Waals surface area contributed by atoms with Crippen molar-refractivity contribution in [3.63, 3.8) is 0 Å². The van der Waals surface area contributed by atoms with Gasteiger partial charge in [0.25, 0.3) is 5.56 Å². The van der Waals surface area contributed by atoms with Crippen LogP contribution in [0.15, 0.2) is 41.2 Å². The van der Waals surface area contributed by atoms with Gasteiger partial charge in [0.1, 0.15) is 5.75 Å². The predicted octanol–water partition coefficient (Wildman–Crippen LogP) is 2.94. The van der Waals surface area contributed by atoms with E-state index in [4.69, 9.17) is 4.74 Å². The monoisotopic (exact) mass is 327 g/mol. The number of aromatic amines is 1. The van der Waals surface area contributed by atoms with E-state index in [9.17, 15) is 4.79 Å². The van der Waals surface area contributed by atoms with E-state index in [2.05, 4.69) is 28.9 Å². The van der Waals surface area contributed by atoms with Gasteiger partial charge in [-0.25, -0.2) is 5.10 Å². The quantitative estimate of drug-likeness (QED) is 0.886. The molecule has 1 N–H and O–H groups in total. The molecule has 0 bridgehead atoms. The highest BCUT2D eigenvalue weighted by Crippen LogP contribution is 2.21. The summed E-state index contributed by atoms with van der Waals surface area (Å²) in [6.07, 6.45) is 2.63. The van der Waals surface area contributed by atoms with E-state index >= 15 is 0 Å². The van der Waals surface area contributed by atoms with Crippen LogP contribution in [0.25, 0.3) is 11.3 Å². The molecule has 3 rings (SSSR count). The Bertz CT molecular complexity index is 691. The molecule has 1 aliphatic heterocycles. The molecule has 5 nitrogen and oxygen atoms in total. The summed E-state index contributed by atoms with van der Waals surface area (Å²) in [5, 5.41) is 6.48. The molecule has 0 spiro atoms. The molecule has 0 unspecified atom stereocenters.